The van der Waals surface area contributed by atoms with Crippen molar-refractivity contribution < 1.29 is 9.53 Å². The van der Waals surface area contributed by atoms with Crippen LogP contribution < -0.4 is 0 Å². The van der Waals surface area contributed by atoms with Crippen LogP contribution in [0.4, 0.5) is 0 Å². The molecule has 110 valence electrons. The van der Waals surface area contributed by atoms with E-state index < -0.39 is 0 Å². The number of ether oxygens (including phenoxy) is 1. The smallest absolute Gasteiger partial charge is 0.255 e. The fourth-order valence-corrected chi connectivity index (χ4v) is 2.92. The van der Waals surface area contributed by atoms with Gasteiger partial charge in [0.1, 0.15) is 0 Å². The number of amides is 1. The minimum atomic E-state index is -0.00120. The Hall–Kier alpha value is -2.21. The monoisotopic (exact) mass is 286 g/mol. The van der Waals surface area contributed by atoms with Gasteiger partial charge in [0.2, 0.25) is 0 Å². The molecular formula is C15H18N4O2. The summed E-state index contributed by atoms with van der Waals surface area (Å²) in [5.41, 5.74) is 2.86. The zero-order valence-corrected chi connectivity index (χ0v) is 12.2. The summed E-state index contributed by atoms with van der Waals surface area (Å²) in [6.07, 6.45) is 5.10. The van der Waals surface area contributed by atoms with E-state index in [2.05, 4.69) is 10.1 Å². The molecule has 0 bridgehead atoms. The molecule has 0 saturated carbocycles. The highest BCUT2D eigenvalue weighted by Gasteiger charge is 2.31. The van der Waals surface area contributed by atoms with Crippen molar-refractivity contribution in [3.8, 4) is 0 Å². The maximum absolute atomic E-state index is 12.6. The highest BCUT2D eigenvalue weighted by Crippen LogP contribution is 2.28. The van der Waals surface area contributed by atoms with E-state index in [4.69, 9.17) is 4.74 Å². The van der Waals surface area contributed by atoms with E-state index >= 15 is 0 Å². The Labute approximate surface area is 123 Å². The van der Waals surface area contributed by atoms with Crippen molar-refractivity contribution >= 4 is 5.91 Å². The molecule has 0 aromatic carbocycles. The van der Waals surface area contributed by atoms with E-state index in [-0.39, 0.29) is 11.8 Å². The minimum absolute atomic E-state index is 0.00120. The Morgan fingerprint density at radius 3 is 3.05 bits per heavy atom. The number of fused-ring (bicyclic) bond motifs is 1. The number of aryl methyl sites for hydroxylation is 1. The van der Waals surface area contributed by atoms with Crippen molar-refractivity contribution in [2.45, 2.75) is 12.5 Å². The molecule has 1 aliphatic heterocycles. The first-order valence-electron chi connectivity index (χ1n) is 6.89. The average Bonchev–Trinajstić information content (AvgIpc) is 2.89. The lowest BCUT2D eigenvalue weighted by Crippen LogP contribution is -2.40. The highest BCUT2D eigenvalue weighted by molar-refractivity contribution is 5.94. The van der Waals surface area contributed by atoms with Gasteiger partial charge in [0.15, 0.2) is 0 Å². The van der Waals surface area contributed by atoms with Crippen molar-refractivity contribution in [2.75, 3.05) is 20.3 Å². The summed E-state index contributed by atoms with van der Waals surface area (Å²) in [6, 6.07) is 3.57. The molecule has 2 aromatic rings. The van der Waals surface area contributed by atoms with Gasteiger partial charge in [0.25, 0.3) is 5.91 Å². The molecule has 0 fully saturated rings. The summed E-state index contributed by atoms with van der Waals surface area (Å²) >= 11 is 0. The first-order valence-corrected chi connectivity index (χ1v) is 6.89. The van der Waals surface area contributed by atoms with Crippen molar-refractivity contribution in [1.82, 2.24) is 19.7 Å². The van der Waals surface area contributed by atoms with Crippen LogP contribution in [0, 0.1) is 0 Å². The third-order valence-corrected chi connectivity index (χ3v) is 3.82. The summed E-state index contributed by atoms with van der Waals surface area (Å²) in [4.78, 5) is 18.4. The van der Waals surface area contributed by atoms with Gasteiger partial charge in [-0.1, -0.05) is 0 Å². The summed E-state index contributed by atoms with van der Waals surface area (Å²) in [7, 11) is 3.61. The number of hydrogen-bond acceptors (Lipinski definition) is 4. The number of carbonyl (C=O) groups is 1. The zero-order valence-electron chi connectivity index (χ0n) is 12.2. The Balaban J connectivity index is 1.88. The molecule has 1 amide bonds. The third-order valence-electron chi connectivity index (χ3n) is 3.82. The Morgan fingerprint density at radius 1 is 1.48 bits per heavy atom. The molecule has 0 unspecified atom stereocenters. The van der Waals surface area contributed by atoms with Gasteiger partial charge in [-0.15, -0.1) is 0 Å². The van der Waals surface area contributed by atoms with Gasteiger partial charge in [-0.25, -0.2) is 0 Å². The lowest BCUT2D eigenvalue weighted by Gasteiger charge is -2.32. The number of rotatable bonds is 3. The van der Waals surface area contributed by atoms with Gasteiger partial charge >= 0.3 is 0 Å². The Kier molecular flexibility index (Phi) is 3.70. The van der Waals surface area contributed by atoms with Gasteiger partial charge in [-0.2, -0.15) is 5.10 Å². The molecule has 0 N–H and O–H groups in total. The second-order valence-electron chi connectivity index (χ2n) is 5.26. The summed E-state index contributed by atoms with van der Waals surface area (Å²) in [5, 5.41) is 4.31. The van der Waals surface area contributed by atoms with Crippen LogP contribution in [0.1, 0.15) is 27.5 Å². The molecule has 3 rings (SSSR count). The molecule has 2 aromatic heterocycles. The molecule has 0 radical (unpaired) electrons. The van der Waals surface area contributed by atoms with Gasteiger partial charge in [0, 0.05) is 51.1 Å². The molecule has 0 aliphatic carbocycles. The van der Waals surface area contributed by atoms with Crippen molar-refractivity contribution in [2.24, 2.45) is 7.05 Å². The molecule has 1 aliphatic rings. The maximum Gasteiger partial charge on any atom is 0.255 e. The van der Waals surface area contributed by atoms with E-state index in [1.807, 2.05) is 22.8 Å². The fraction of sp³-hybridized carbons (Fsp3) is 0.400. The normalized spacial score (nSPS) is 17.6. The van der Waals surface area contributed by atoms with Crippen LogP contribution in [-0.2, 0) is 18.3 Å². The fourth-order valence-electron chi connectivity index (χ4n) is 2.92. The number of aromatic nitrogens is 3. The van der Waals surface area contributed by atoms with Crippen molar-refractivity contribution in [3.63, 3.8) is 0 Å². The van der Waals surface area contributed by atoms with Crippen LogP contribution >= 0.6 is 0 Å². The molecule has 0 saturated heterocycles. The van der Waals surface area contributed by atoms with E-state index in [0.29, 0.717) is 25.3 Å². The summed E-state index contributed by atoms with van der Waals surface area (Å²) < 4.78 is 7.18. The van der Waals surface area contributed by atoms with Crippen LogP contribution in [0.15, 0.2) is 30.7 Å². The standard InChI is InChI=1S/C15H18N4O2/c1-18-14-12(7-17-18)8-19(9-13(14)10-21-2)15(20)11-4-3-5-16-6-11/h3-7,13H,8-10H2,1-2H3/t13-/m1/s1. The molecule has 6 nitrogen and oxygen atoms in total. The number of pyridine rings is 1. The van der Waals surface area contributed by atoms with Gasteiger partial charge in [0.05, 0.1) is 24.1 Å². The summed E-state index contributed by atoms with van der Waals surface area (Å²) in [5.74, 6) is 0.144. The molecule has 21 heavy (non-hydrogen) atoms. The Bertz CT molecular complexity index is 638. The molecule has 3 heterocycles. The maximum atomic E-state index is 12.6. The topological polar surface area (TPSA) is 60.2 Å². The lowest BCUT2D eigenvalue weighted by atomic mass is 9.96. The second kappa shape index (κ2) is 5.65. The summed E-state index contributed by atoms with van der Waals surface area (Å²) in [6.45, 7) is 1.79. The largest absolute Gasteiger partial charge is 0.384 e. The van der Waals surface area contributed by atoms with Crippen LogP contribution in [0.5, 0.6) is 0 Å². The minimum Gasteiger partial charge on any atom is -0.384 e. The van der Waals surface area contributed by atoms with Gasteiger partial charge in [-0.05, 0) is 12.1 Å². The third kappa shape index (κ3) is 2.54. The number of hydrogen-bond donors (Lipinski definition) is 0. The first-order chi connectivity index (χ1) is 10.2. The van der Waals surface area contributed by atoms with Crippen LogP contribution in [0.3, 0.4) is 0 Å². The first kappa shape index (κ1) is 13.8. The predicted octanol–water partition coefficient (Wildman–Crippen LogP) is 1.20. The van der Waals surface area contributed by atoms with E-state index in [1.165, 1.54) is 0 Å². The molecule has 6 heteroatoms. The number of carbonyl (C=O) groups excluding carboxylic acids is 1. The zero-order chi connectivity index (χ0) is 14.8. The predicted molar refractivity (Wildman–Crippen MR) is 76.8 cm³/mol. The second-order valence-corrected chi connectivity index (χ2v) is 5.26. The number of nitrogens with zero attached hydrogens (tertiary/aromatic N) is 4. The molecule has 0 spiro atoms. The van der Waals surface area contributed by atoms with E-state index in [0.717, 1.165) is 11.3 Å². The highest BCUT2D eigenvalue weighted by atomic mass is 16.5. The van der Waals surface area contributed by atoms with E-state index in [1.54, 1.807) is 31.6 Å². The van der Waals surface area contributed by atoms with Crippen molar-refractivity contribution in [1.29, 1.82) is 0 Å². The van der Waals surface area contributed by atoms with E-state index in [9.17, 15) is 4.79 Å². The average molecular weight is 286 g/mol. The van der Waals surface area contributed by atoms with Crippen LogP contribution in [-0.4, -0.2) is 45.8 Å². The van der Waals surface area contributed by atoms with Gasteiger partial charge in [-0.3, -0.25) is 14.5 Å². The molecular weight excluding hydrogens is 268 g/mol. The van der Waals surface area contributed by atoms with Crippen LogP contribution in [0.2, 0.25) is 0 Å². The Morgan fingerprint density at radius 2 is 2.33 bits per heavy atom. The SMILES string of the molecule is COC[C@H]1CN(C(=O)c2cccnc2)Cc2cnn(C)c21. The molecule has 1 atom stereocenters. The quantitative estimate of drug-likeness (QED) is 0.850. The number of methoxy groups -OCH3 is 1. The van der Waals surface area contributed by atoms with Crippen molar-refractivity contribution in [3.05, 3.63) is 47.5 Å². The van der Waals surface area contributed by atoms with Gasteiger partial charge < -0.3 is 9.64 Å². The van der Waals surface area contributed by atoms with Crippen LogP contribution in [0.25, 0.3) is 0 Å². The lowest BCUT2D eigenvalue weighted by molar-refractivity contribution is 0.0675.